The molecular formula is C33H45N5O4. The second-order valence-electron chi connectivity index (χ2n) is 12.5. The smallest absolute Gasteiger partial charge is 0.255 e. The van der Waals surface area contributed by atoms with Gasteiger partial charge in [0.05, 0.1) is 28.4 Å². The van der Waals surface area contributed by atoms with Gasteiger partial charge in [-0.05, 0) is 68.4 Å². The van der Waals surface area contributed by atoms with Crippen LogP contribution in [-0.2, 0) is 4.79 Å². The van der Waals surface area contributed by atoms with Gasteiger partial charge in [0.15, 0.2) is 6.29 Å². The van der Waals surface area contributed by atoms with Crippen LogP contribution in [0.25, 0.3) is 0 Å². The molecule has 9 nitrogen and oxygen atoms in total. The summed E-state index contributed by atoms with van der Waals surface area (Å²) in [5.41, 5.74) is 3.90. The molecule has 1 spiro atoms. The fourth-order valence-electron chi connectivity index (χ4n) is 6.73. The number of hydrogen-bond acceptors (Lipinski definition) is 7. The van der Waals surface area contributed by atoms with E-state index in [0.717, 1.165) is 68.4 Å². The summed E-state index contributed by atoms with van der Waals surface area (Å²) in [7, 11) is 4.18. The molecule has 0 saturated carbocycles. The predicted molar refractivity (Wildman–Crippen MR) is 165 cm³/mol. The summed E-state index contributed by atoms with van der Waals surface area (Å²) in [6.45, 7) is 8.58. The summed E-state index contributed by atoms with van der Waals surface area (Å²) in [6.07, 6.45) is 4.91. The number of nitrogens with one attached hydrogen (secondary N) is 2. The fourth-order valence-corrected chi connectivity index (χ4v) is 6.73. The number of piperidine rings is 1. The van der Waals surface area contributed by atoms with E-state index in [-0.39, 0.29) is 30.1 Å². The molecule has 1 fully saturated rings. The number of benzene rings is 2. The van der Waals surface area contributed by atoms with Crippen molar-refractivity contribution in [3.8, 4) is 5.75 Å². The molecule has 0 aromatic heterocycles. The van der Waals surface area contributed by atoms with Gasteiger partial charge < -0.3 is 25.2 Å². The Morgan fingerprint density at radius 2 is 1.69 bits per heavy atom. The average Bonchev–Trinajstić information content (AvgIpc) is 3.22. The molecule has 2 N–H and O–H groups in total. The topological polar surface area (TPSA) is 94.2 Å². The van der Waals surface area contributed by atoms with E-state index in [4.69, 9.17) is 4.74 Å². The van der Waals surface area contributed by atoms with Crippen molar-refractivity contribution < 1.29 is 19.1 Å². The van der Waals surface area contributed by atoms with Crippen LogP contribution in [0, 0.1) is 18.3 Å². The third kappa shape index (κ3) is 5.71. The first-order chi connectivity index (χ1) is 20.1. The van der Waals surface area contributed by atoms with E-state index in [1.165, 1.54) is 0 Å². The number of ether oxygens (including phenoxy) is 1. The lowest BCUT2D eigenvalue weighted by Crippen LogP contribution is -2.59. The van der Waals surface area contributed by atoms with Crippen molar-refractivity contribution in [2.24, 2.45) is 11.3 Å². The van der Waals surface area contributed by atoms with Crippen molar-refractivity contribution in [2.45, 2.75) is 65.2 Å². The fraction of sp³-hybridized carbons (Fsp3) is 0.545. The number of para-hydroxylation sites is 1. The van der Waals surface area contributed by atoms with E-state index in [1.807, 2.05) is 31.2 Å². The highest BCUT2D eigenvalue weighted by Crippen LogP contribution is 2.43. The van der Waals surface area contributed by atoms with Crippen LogP contribution in [0.15, 0.2) is 36.4 Å². The molecule has 226 valence electrons. The lowest BCUT2D eigenvalue weighted by molar-refractivity contribution is -0.136. The van der Waals surface area contributed by atoms with E-state index in [9.17, 15) is 14.4 Å². The first-order valence-electron chi connectivity index (χ1n) is 15.3. The first kappa shape index (κ1) is 29.9. The van der Waals surface area contributed by atoms with Gasteiger partial charge in [-0.25, -0.2) is 0 Å². The van der Waals surface area contributed by atoms with Crippen LogP contribution in [0.4, 0.5) is 11.4 Å². The predicted octanol–water partition coefficient (Wildman–Crippen LogP) is 4.19. The van der Waals surface area contributed by atoms with Gasteiger partial charge in [0.25, 0.3) is 5.91 Å². The SMILES string of the molecule is Cc1cc2c(cc1C=O)N(C)C(N1CCC3(CCCCNC(=O)c4ccccc4OC[C@H](C(C)C)NC3=O)CC1)N2C. The highest BCUT2D eigenvalue weighted by Gasteiger charge is 2.45. The molecule has 3 aliphatic rings. The number of anilines is 2. The average molecular weight is 576 g/mol. The molecule has 5 rings (SSSR count). The summed E-state index contributed by atoms with van der Waals surface area (Å²) in [5.74, 6) is 0.689. The van der Waals surface area contributed by atoms with Gasteiger partial charge in [-0.3, -0.25) is 19.3 Å². The highest BCUT2D eigenvalue weighted by atomic mass is 16.5. The second kappa shape index (κ2) is 12.3. The number of aryl methyl sites for hydroxylation is 1. The van der Waals surface area contributed by atoms with E-state index in [1.54, 1.807) is 6.07 Å². The number of likely N-dealkylation sites (tertiary alicyclic amines) is 1. The summed E-state index contributed by atoms with van der Waals surface area (Å²) >= 11 is 0. The molecule has 2 aromatic carbocycles. The molecule has 2 amide bonds. The summed E-state index contributed by atoms with van der Waals surface area (Å²) in [6, 6.07) is 11.2. The molecule has 9 heteroatoms. The van der Waals surface area contributed by atoms with Gasteiger partial charge in [0, 0.05) is 39.3 Å². The van der Waals surface area contributed by atoms with Crippen LogP contribution in [0.3, 0.4) is 0 Å². The Morgan fingerprint density at radius 3 is 2.38 bits per heavy atom. The maximum absolute atomic E-state index is 14.1. The summed E-state index contributed by atoms with van der Waals surface area (Å²) in [4.78, 5) is 45.6. The normalized spacial score (nSPS) is 23.5. The van der Waals surface area contributed by atoms with Gasteiger partial charge in [-0.15, -0.1) is 0 Å². The number of nitrogens with zero attached hydrogens (tertiary/aromatic N) is 3. The third-order valence-electron chi connectivity index (χ3n) is 9.55. The standard InChI is InChI=1S/C33H45N5O4/c1-22(2)26-21-42-29-11-7-6-10-25(29)30(40)34-15-9-8-12-33(31(41)35-26)13-16-38(17-14-33)32-36(4)27-18-23(3)24(20-39)19-28(27)37(32)5/h6-7,10-11,18-20,22,26,32H,8-9,12-17,21H2,1-5H3,(H,34,40)(H,35,41)/t26-,32?/m1/s1. The van der Waals surface area contributed by atoms with E-state index < -0.39 is 5.41 Å². The Bertz CT molecular complexity index is 1320. The Balaban J connectivity index is 1.33. The van der Waals surface area contributed by atoms with Crippen LogP contribution in [0.5, 0.6) is 5.75 Å². The van der Waals surface area contributed by atoms with Crippen LogP contribution in [-0.4, -0.2) is 75.7 Å². The molecular weight excluding hydrogens is 530 g/mol. The molecule has 42 heavy (non-hydrogen) atoms. The van der Waals surface area contributed by atoms with Crippen LogP contribution in [0.1, 0.15) is 72.2 Å². The molecule has 1 saturated heterocycles. The molecule has 0 radical (unpaired) electrons. The van der Waals surface area contributed by atoms with E-state index in [0.29, 0.717) is 30.0 Å². The van der Waals surface area contributed by atoms with Gasteiger partial charge in [-0.1, -0.05) is 32.4 Å². The maximum Gasteiger partial charge on any atom is 0.255 e. The van der Waals surface area contributed by atoms with Gasteiger partial charge in [0.1, 0.15) is 18.6 Å². The van der Waals surface area contributed by atoms with Crippen molar-refractivity contribution in [1.82, 2.24) is 15.5 Å². The minimum absolute atomic E-state index is 0.0207. The number of carbonyl (C=O) groups is 3. The number of rotatable bonds is 3. The Labute approximate surface area is 249 Å². The monoisotopic (exact) mass is 575 g/mol. The first-order valence-corrected chi connectivity index (χ1v) is 15.3. The number of aldehydes is 1. The van der Waals surface area contributed by atoms with E-state index in [2.05, 4.69) is 59.3 Å². The van der Waals surface area contributed by atoms with Crippen molar-refractivity contribution in [2.75, 3.05) is 50.1 Å². The van der Waals surface area contributed by atoms with Crippen LogP contribution in [0.2, 0.25) is 0 Å². The molecule has 1 unspecified atom stereocenters. The molecule has 2 aromatic rings. The number of carbonyl (C=O) groups excluding carboxylic acids is 3. The quantitative estimate of drug-likeness (QED) is 0.530. The minimum atomic E-state index is -0.473. The highest BCUT2D eigenvalue weighted by molar-refractivity contribution is 5.96. The van der Waals surface area contributed by atoms with Crippen molar-refractivity contribution in [1.29, 1.82) is 0 Å². The molecule has 3 aliphatic heterocycles. The van der Waals surface area contributed by atoms with E-state index >= 15 is 0 Å². The van der Waals surface area contributed by atoms with Gasteiger partial charge in [-0.2, -0.15) is 0 Å². The zero-order chi connectivity index (χ0) is 30.0. The maximum atomic E-state index is 14.1. The molecule has 0 aliphatic carbocycles. The zero-order valence-electron chi connectivity index (χ0n) is 25.6. The van der Waals surface area contributed by atoms with Gasteiger partial charge >= 0.3 is 0 Å². The Kier molecular flexibility index (Phi) is 8.78. The molecule has 0 bridgehead atoms. The lowest BCUT2D eigenvalue weighted by Gasteiger charge is -2.46. The van der Waals surface area contributed by atoms with Crippen molar-refractivity contribution >= 4 is 29.5 Å². The largest absolute Gasteiger partial charge is 0.491 e. The number of fused-ring (bicyclic) bond motifs is 2. The van der Waals surface area contributed by atoms with Crippen LogP contribution < -0.4 is 25.2 Å². The van der Waals surface area contributed by atoms with Crippen LogP contribution >= 0.6 is 0 Å². The van der Waals surface area contributed by atoms with Crippen molar-refractivity contribution in [3.05, 3.63) is 53.1 Å². The Morgan fingerprint density at radius 1 is 1.00 bits per heavy atom. The zero-order valence-corrected chi connectivity index (χ0v) is 25.6. The second-order valence-corrected chi connectivity index (χ2v) is 12.5. The third-order valence-corrected chi connectivity index (χ3v) is 9.55. The lowest BCUT2D eigenvalue weighted by atomic mass is 9.73. The minimum Gasteiger partial charge on any atom is -0.491 e. The molecule has 2 atom stereocenters. The number of hydrogen-bond donors (Lipinski definition) is 2. The summed E-state index contributed by atoms with van der Waals surface area (Å²) in [5, 5.41) is 6.41. The summed E-state index contributed by atoms with van der Waals surface area (Å²) < 4.78 is 6.15. The Hall–Kier alpha value is -3.59. The number of amides is 2. The van der Waals surface area contributed by atoms with Crippen molar-refractivity contribution in [3.63, 3.8) is 0 Å². The molecule has 3 heterocycles. The van der Waals surface area contributed by atoms with Gasteiger partial charge in [0.2, 0.25) is 5.91 Å².